The summed E-state index contributed by atoms with van der Waals surface area (Å²) in [6, 6.07) is 5.15. The maximum Gasteiger partial charge on any atom is 0.0701 e. The van der Waals surface area contributed by atoms with Crippen LogP contribution in [0, 0.1) is 23.2 Å². The molecule has 3 unspecified atom stereocenters. The normalized spacial score (nSPS) is 26.6. The van der Waals surface area contributed by atoms with Gasteiger partial charge in [0.2, 0.25) is 0 Å². The number of rotatable bonds is 5. The molecule has 1 aromatic heterocycles. The van der Waals surface area contributed by atoms with Gasteiger partial charge in [-0.05, 0) is 65.2 Å². The minimum atomic E-state index is 0.204. The molecule has 3 atom stereocenters. The van der Waals surface area contributed by atoms with Gasteiger partial charge in [-0.15, -0.1) is 11.3 Å². The number of nitrogens with zero attached hydrogens (tertiary/aromatic N) is 2. The predicted molar refractivity (Wildman–Crippen MR) is 88.6 cm³/mol. The average molecular weight is 355 g/mol. The zero-order valence-electron chi connectivity index (χ0n) is 12.3. The van der Waals surface area contributed by atoms with E-state index >= 15 is 0 Å². The van der Waals surface area contributed by atoms with Crippen LogP contribution in [0.25, 0.3) is 0 Å². The molecule has 0 spiro atoms. The first-order valence-corrected chi connectivity index (χ1v) is 9.14. The minimum absolute atomic E-state index is 0.204. The van der Waals surface area contributed by atoms with Crippen molar-refractivity contribution in [2.24, 2.45) is 11.8 Å². The zero-order valence-corrected chi connectivity index (χ0v) is 14.7. The summed E-state index contributed by atoms with van der Waals surface area (Å²) in [5.41, 5.74) is 1.35. The smallest absolute Gasteiger partial charge is 0.0701 e. The van der Waals surface area contributed by atoms with Crippen molar-refractivity contribution in [1.29, 1.82) is 5.26 Å². The Morgan fingerprint density at radius 3 is 2.90 bits per heavy atom. The third-order valence-electron chi connectivity index (χ3n) is 4.41. The van der Waals surface area contributed by atoms with Crippen LogP contribution in [0.5, 0.6) is 0 Å². The molecular weight excluding hydrogens is 332 g/mol. The highest BCUT2D eigenvalue weighted by Gasteiger charge is 2.32. The standard InChI is InChI=1S/C16H23BrN2S/c1-3-4-12-5-6-14(9-18)15(7-12)19(2)10-13-8-16(17)20-11-13/h8,11-12,14-15H,3-7,10H2,1-2H3. The summed E-state index contributed by atoms with van der Waals surface area (Å²) in [7, 11) is 2.18. The molecule has 4 heteroatoms. The van der Waals surface area contributed by atoms with Gasteiger partial charge in [-0.1, -0.05) is 19.8 Å². The van der Waals surface area contributed by atoms with Crippen LogP contribution in [0.15, 0.2) is 15.2 Å². The Bertz CT molecular complexity index is 465. The highest BCUT2D eigenvalue weighted by atomic mass is 79.9. The summed E-state index contributed by atoms with van der Waals surface area (Å²) in [6.07, 6.45) is 6.07. The van der Waals surface area contributed by atoms with Crippen molar-refractivity contribution in [3.05, 3.63) is 20.8 Å². The summed E-state index contributed by atoms with van der Waals surface area (Å²) in [5, 5.41) is 11.6. The Morgan fingerprint density at radius 1 is 1.50 bits per heavy atom. The van der Waals surface area contributed by atoms with Crippen molar-refractivity contribution in [2.75, 3.05) is 7.05 Å². The molecule has 0 N–H and O–H groups in total. The molecule has 20 heavy (non-hydrogen) atoms. The van der Waals surface area contributed by atoms with Gasteiger partial charge in [-0.3, -0.25) is 4.90 Å². The van der Waals surface area contributed by atoms with E-state index in [4.69, 9.17) is 0 Å². The lowest BCUT2D eigenvalue weighted by atomic mass is 9.76. The second-order valence-electron chi connectivity index (χ2n) is 5.94. The van der Waals surface area contributed by atoms with Crippen molar-refractivity contribution in [1.82, 2.24) is 4.90 Å². The molecule has 110 valence electrons. The number of nitriles is 1. The molecule has 1 heterocycles. The number of thiophene rings is 1. The second kappa shape index (κ2) is 7.59. The van der Waals surface area contributed by atoms with Crippen LogP contribution in [0.2, 0.25) is 0 Å². The van der Waals surface area contributed by atoms with Gasteiger partial charge in [0.15, 0.2) is 0 Å². The van der Waals surface area contributed by atoms with E-state index in [-0.39, 0.29) is 5.92 Å². The third kappa shape index (κ3) is 4.07. The van der Waals surface area contributed by atoms with Gasteiger partial charge >= 0.3 is 0 Å². The van der Waals surface area contributed by atoms with Crippen LogP contribution in [0.4, 0.5) is 0 Å². The average Bonchev–Trinajstić information content (AvgIpc) is 2.84. The fraction of sp³-hybridized carbons (Fsp3) is 0.688. The number of hydrogen-bond acceptors (Lipinski definition) is 3. The summed E-state index contributed by atoms with van der Waals surface area (Å²) in [4.78, 5) is 2.39. The van der Waals surface area contributed by atoms with E-state index in [1.54, 1.807) is 11.3 Å². The molecule has 2 rings (SSSR count). The van der Waals surface area contributed by atoms with Gasteiger partial charge in [0.05, 0.1) is 15.8 Å². The topological polar surface area (TPSA) is 27.0 Å². The quantitative estimate of drug-likeness (QED) is 0.739. The Hall–Kier alpha value is -0.370. The number of halogens is 1. The van der Waals surface area contributed by atoms with E-state index < -0.39 is 0 Å². The van der Waals surface area contributed by atoms with Gasteiger partial charge in [0.25, 0.3) is 0 Å². The van der Waals surface area contributed by atoms with Crippen LogP contribution in [-0.2, 0) is 6.54 Å². The Labute approximate surface area is 134 Å². The van der Waals surface area contributed by atoms with Crippen molar-refractivity contribution < 1.29 is 0 Å². The molecule has 0 aliphatic heterocycles. The molecule has 0 saturated heterocycles. The van der Waals surface area contributed by atoms with E-state index in [1.165, 1.54) is 35.0 Å². The van der Waals surface area contributed by atoms with Gasteiger partial charge in [0, 0.05) is 12.6 Å². The van der Waals surface area contributed by atoms with E-state index in [0.717, 1.165) is 18.9 Å². The van der Waals surface area contributed by atoms with Gasteiger partial charge in [-0.25, -0.2) is 0 Å². The van der Waals surface area contributed by atoms with Crippen LogP contribution in [-0.4, -0.2) is 18.0 Å². The first-order chi connectivity index (χ1) is 9.63. The van der Waals surface area contributed by atoms with Crippen LogP contribution in [0.1, 0.15) is 44.6 Å². The second-order valence-corrected chi connectivity index (χ2v) is 8.24. The lowest BCUT2D eigenvalue weighted by Crippen LogP contribution is -2.41. The highest BCUT2D eigenvalue weighted by Crippen LogP contribution is 2.35. The number of hydrogen-bond donors (Lipinski definition) is 0. The fourth-order valence-corrected chi connectivity index (χ4v) is 4.57. The predicted octanol–water partition coefficient (Wildman–Crippen LogP) is 5.05. The van der Waals surface area contributed by atoms with E-state index in [0.29, 0.717) is 6.04 Å². The molecule has 1 aliphatic carbocycles. The van der Waals surface area contributed by atoms with Gasteiger partial charge < -0.3 is 0 Å². The van der Waals surface area contributed by atoms with Crippen molar-refractivity contribution in [3.8, 4) is 6.07 Å². The molecule has 0 aromatic carbocycles. The molecule has 2 nitrogen and oxygen atoms in total. The minimum Gasteiger partial charge on any atom is -0.298 e. The van der Waals surface area contributed by atoms with Crippen molar-refractivity contribution in [3.63, 3.8) is 0 Å². The molecule has 0 bridgehead atoms. The molecule has 1 aliphatic rings. The largest absolute Gasteiger partial charge is 0.298 e. The maximum absolute atomic E-state index is 9.41. The van der Waals surface area contributed by atoms with Crippen LogP contribution in [0.3, 0.4) is 0 Å². The summed E-state index contributed by atoms with van der Waals surface area (Å²) in [6.45, 7) is 3.21. The zero-order chi connectivity index (χ0) is 14.5. The van der Waals surface area contributed by atoms with E-state index in [2.05, 4.69) is 52.3 Å². The van der Waals surface area contributed by atoms with E-state index in [1.807, 2.05) is 0 Å². The maximum atomic E-state index is 9.41. The molecular formula is C16H23BrN2S. The van der Waals surface area contributed by atoms with Crippen molar-refractivity contribution >= 4 is 27.3 Å². The first-order valence-electron chi connectivity index (χ1n) is 7.46. The van der Waals surface area contributed by atoms with Crippen LogP contribution >= 0.6 is 27.3 Å². The SMILES string of the molecule is CCCC1CCC(C#N)C(N(C)Cc2csc(Br)c2)C1. The Morgan fingerprint density at radius 2 is 2.30 bits per heavy atom. The van der Waals surface area contributed by atoms with Gasteiger partial charge in [0.1, 0.15) is 0 Å². The molecule has 0 radical (unpaired) electrons. The Kier molecular flexibility index (Phi) is 6.07. The van der Waals surface area contributed by atoms with Crippen LogP contribution < -0.4 is 0 Å². The first kappa shape index (κ1) is 16.0. The third-order valence-corrected chi connectivity index (χ3v) is 5.96. The lowest BCUT2D eigenvalue weighted by Gasteiger charge is -2.38. The summed E-state index contributed by atoms with van der Waals surface area (Å²) < 4.78 is 1.19. The summed E-state index contributed by atoms with van der Waals surface area (Å²) in [5.74, 6) is 1.02. The fourth-order valence-electron chi connectivity index (χ4n) is 3.37. The molecule has 0 amide bonds. The lowest BCUT2D eigenvalue weighted by molar-refractivity contribution is 0.116. The monoisotopic (exact) mass is 354 g/mol. The molecule has 1 aromatic rings. The Balaban J connectivity index is 2.00. The molecule has 1 saturated carbocycles. The highest BCUT2D eigenvalue weighted by molar-refractivity contribution is 9.11. The summed E-state index contributed by atoms with van der Waals surface area (Å²) >= 11 is 5.25. The van der Waals surface area contributed by atoms with Crippen molar-refractivity contribution in [2.45, 2.75) is 51.6 Å². The van der Waals surface area contributed by atoms with E-state index in [9.17, 15) is 5.26 Å². The van der Waals surface area contributed by atoms with Gasteiger partial charge in [-0.2, -0.15) is 5.26 Å². The molecule has 1 fully saturated rings.